The zero-order chi connectivity index (χ0) is 7.84. The third kappa shape index (κ3) is 1.38. The van der Waals surface area contributed by atoms with Crippen molar-refractivity contribution in [1.82, 2.24) is 9.97 Å². The van der Waals surface area contributed by atoms with Gasteiger partial charge in [-0.15, -0.1) is 0 Å². The van der Waals surface area contributed by atoms with Gasteiger partial charge in [0.25, 0.3) is 0 Å². The molecule has 56 valence electrons. The van der Waals surface area contributed by atoms with Crippen molar-refractivity contribution in [3.05, 3.63) is 21.2 Å². The Morgan fingerprint density at radius 2 is 2.18 bits per heavy atom. The summed E-state index contributed by atoms with van der Waals surface area (Å²) in [6.45, 7) is 0. The molecule has 2 rings (SSSR count). The van der Waals surface area contributed by atoms with E-state index < -0.39 is 0 Å². The molecule has 0 spiro atoms. The Bertz CT molecular complexity index is 400. The van der Waals surface area contributed by atoms with Crippen molar-refractivity contribution in [3.63, 3.8) is 0 Å². The average Bonchev–Trinajstić information content (AvgIpc) is 2.27. The van der Waals surface area contributed by atoms with Crippen LogP contribution in [0.15, 0.2) is 16.0 Å². The number of rotatable bonds is 0. The summed E-state index contributed by atoms with van der Waals surface area (Å²) in [5.74, 6) is 0. The van der Waals surface area contributed by atoms with E-state index in [4.69, 9.17) is 11.6 Å². The van der Waals surface area contributed by atoms with E-state index in [2.05, 4.69) is 25.9 Å². The van der Waals surface area contributed by atoms with Crippen molar-refractivity contribution in [2.24, 2.45) is 0 Å². The molecule has 0 aliphatic heterocycles. The van der Waals surface area contributed by atoms with Gasteiger partial charge in [-0.25, -0.2) is 9.97 Å². The number of halogens is 2. The van der Waals surface area contributed by atoms with Gasteiger partial charge in [-0.2, -0.15) is 0 Å². The third-order valence-electron chi connectivity index (χ3n) is 1.20. The first-order valence-electron chi connectivity index (χ1n) is 2.84. The van der Waals surface area contributed by atoms with Gasteiger partial charge in [-0.3, -0.25) is 0 Å². The first kappa shape index (κ1) is 7.46. The Kier molecular flexibility index (Phi) is 1.83. The summed E-state index contributed by atoms with van der Waals surface area (Å²) in [5, 5.41) is 0.508. The average molecular weight is 250 g/mol. The van der Waals surface area contributed by atoms with Crippen LogP contribution < -0.4 is 0 Å². The van der Waals surface area contributed by atoms with Gasteiger partial charge in [-0.1, -0.05) is 22.9 Å². The van der Waals surface area contributed by atoms with Crippen LogP contribution in [0.1, 0.15) is 0 Å². The third-order valence-corrected chi connectivity index (χ3v) is 2.82. The molecule has 2 aromatic heterocycles. The zero-order valence-electron chi connectivity index (χ0n) is 5.21. The molecule has 0 aliphatic rings. The standard InChI is InChI=1S/C6H2BrClN2S/c7-6-9-3-1-2-4(8)10-5(3)11-6/h1-2H. The van der Waals surface area contributed by atoms with Crippen LogP contribution in [0, 0.1) is 0 Å². The number of pyridine rings is 1. The van der Waals surface area contributed by atoms with Crippen LogP contribution >= 0.6 is 38.9 Å². The van der Waals surface area contributed by atoms with Gasteiger partial charge in [0.15, 0.2) is 3.92 Å². The predicted octanol–water partition coefficient (Wildman–Crippen LogP) is 3.11. The topological polar surface area (TPSA) is 25.8 Å². The normalized spacial score (nSPS) is 10.7. The molecule has 0 saturated carbocycles. The van der Waals surface area contributed by atoms with Crippen LogP contribution in [0.4, 0.5) is 0 Å². The molecule has 11 heavy (non-hydrogen) atoms. The van der Waals surface area contributed by atoms with Crippen molar-refractivity contribution < 1.29 is 0 Å². The second-order valence-corrected chi connectivity index (χ2v) is 4.57. The second kappa shape index (κ2) is 2.69. The van der Waals surface area contributed by atoms with Gasteiger partial charge in [0, 0.05) is 0 Å². The van der Waals surface area contributed by atoms with Crippen LogP contribution in [0.25, 0.3) is 10.3 Å². The molecule has 0 unspecified atom stereocenters. The molecule has 0 bridgehead atoms. The van der Waals surface area contributed by atoms with E-state index >= 15 is 0 Å². The molecule has 2 aromatic rings. The molecule has 2 heterocycles. The summed E-state index contributed by atoms with van der Waals surface area (Å²) < 4.78 is 0.835. The highest BCUT2D eigenvalue weighted by atomic mass is 79.9. The first-order chi connectivity index (χ1) is 5.25. The quantitative estimate of drug-likeness (QED) is 0.671. The fraction of sp³-hybridized carbons (Fsp3) is 0. The number of nitrogens with zero attached hydrogens (tertiary/aromatic N) is 2. The minimum atomic E-state index is 0.508. The van der Waals surface area contributed by atoms with Crippen molar-refractivity contribution in [1.29, 1.82) is 0 Å². The maximum absolute atomic E-state index is 5.68. The molecular weight excluding hydrogens is 248 g/mol. The molecular formula is C6H2BrClN2S. The van der Waals surface area contributed by atoms with Crippen molar-refractivity contribution >= 4 is 49.2 Å². The number of hydrogen-bond acceptors (Lipinski definition) is 3. The molecule has 0 N–H and O–H groups in total. The smallest absolute Gasteiger partial charge is 0.161 e. The molecule has 0 aliphatic carbocycles. The summed E-state index contributed by atoms with van der Waals surface area (Å²) in [4.78, 5) is 9.12. The Morgan fingerprint density at radius 1 is 1.36 bits per heavy atom. The first-order valence-corrected chi connectivity index (χ1v) is 4.83. The predicted molar refractivity (Wildman–Crippen MR) is 50.1 cm³/mol. The highest BCUT2D eigenvalue weighted by Crippen LogP contribution is 2.25. The minimum absolute atomic E-state index is 0.508. The largest absolute Gasteiger partial charge is 0.227 e. The maximum Gasteiger partial charge on any atom is 0.161 e. The summed E-state index contributed by atoms with van der Waals surface area (Å²) in [6.07, 6.45) is 0. The Morgan fingerprint density at radius 3 is 3.00 bits per heavy atom. The molecule has 0 amide bonds. The van der Waals surface area contributed by atoms with Crippen molar-refractivity contribution in [2.75, 3.05) is 0 Å². The van der Waals surface area contributed by atoms with E-state index in [-0.39, 0.29) is 0 Å². The SMILES string of the molecule is Clc1ccc2nc(Br)sc2n1. The number of aromatic nitrogens is 2. The number of thiazole rings is 1. The van der Waals surface area contributed by atoms with E-state index in [1.807, 2.05) is 6.07 Å². The highest BCUT2D eigenvalue weighted by molar-refractivity contribution is 9.11. The van der Waals surface area contributed by atoms with E-state index in [0.717, 1.165) is 14.3 Å². The lowest BCUT2D eigenvalue weighted by molar-refractivity contribution is 1.39. The van der Waals surface area contributed by atoms with E-state index in [0.29, 0.717) is 5.15 Å². The summed E-state index contributed by atoms with van der Waals surface area (Å²) >= 11 is 10.4. The fourth-order valence-electron chi connectivity index (χ4n) is 0.768. The van der Waals surface area contributed by atoms with Gasteiger partial charge >= 0.3 is 0 Å². The fourth-order valence-corrected chi connectivity index (χ4v) is 2.28. The van der Waals surface area contributed by atoms with Crippen LogP contribution in [-0.2, 0) is 0 Å². The zero-order valence-corrected chi connectivity index (χ0v) is 8.37. The summed E-state index contributed by atoms with van der Waals surface area (Å²) in [5.41, 5.74) is 0.881. The monoisotopic (exact) mass is 248 g/mol. The summed E-state index contributed by atoms with van der Waals surface area (Å²) in [7, 11) is 0. The van der Waals surface area contributed by atoms with Gasteiger partial charge in [0.05, 0.1) is 0 Å². The second-order valence-electron chi connectivity index (χ2n) is 1.93. The van der Waals surface area contributed by atoms with Gasteiger partial charge in [-0.05, 0) is 28.1 Å². The Hall–Kier alpha value is -0.190. The number of fused-ring (bicyclic) bond motifs is 1. The van der Waals surface area contributed by atoms with Gasteiger partial charge in [0.1, 0.15) is 15.5 Å². The van der Waals surface area contributed by atoms with Crippen LogP contribution in [0.3, 0.4) is 0 Å². The lowest BCUT2D eigenvalue weighted by atomic mass is 10.5. The van der Waals surface area contributed by atoms with Crippen LogP contribution in [0.5, 0.6) is 0 Å². The van der Waals surface area contributed by atoms with Gasteiger partial charge in [0.2, 0.25) is 0 Å². The van der Waals surface area contributed by atoms with Crippen molar-refractivity contribution in [3.8, 4) is 0 Å². The maximum atomic E-state index is 5.68. The van der Waals surface area contributed by atoms with E-state index in [1.165, 1.54) is 11.3 Å². The molecule has 0 aromatic carbocycles. The molecule has 0 saturated heterocycles. The highest BCUT2D eigenvalue weighted by Gasteiger charge is 2.01. The molecule has 0 fully saturated rings. The Labute approximate surface area is 80.4 Å². The molecule has 0 radical (unpaired) electrons. The Balaban J connectivity index is 2.82. The lowest BCUT2D eigenvalue weighted by Gasteiger charge is -1.85. The van der Waals surface area contributed by atoms with E-state index in [9.17, 15) is 0 Å². The van der Waals surface area contributed by atoms with Crippen molar-refractivity contribution in [2.45, 2.75) is 0 Å². The minimum Gasteiger partial charge on any atom is -0.227 e. The van der Waals surface area contributed by atoms with Crippen LogP contribution in [-0.4, -0.2) is 9.97 Å². The molecule has 2 nitrogen and oxygen atoms in total. The van der Waals surface area contributed by atoms with E-state index in [1.54, 1.807) is 6.07 Å². The van der Waals surface area contributed by atoms with Crippen LogP contribution in [0.2, 0.25) is 5.15 Å². The lowest BCUT2D eigenvalue weighted by Crippen LogP contribution is -1.72. The molecule has 0 atom stereocenters. The summed E-state index contributed by atoms with van der Waals surface area (Å²) in [6, 6.07) is 3.59. The number of hydrogen-bond donors (Lipinski definition) is 0. The molecule has 5 heteroatoms. The van der Waals surface area contributed by atoms with Gasteiger partial charge < -0.3 is 0 Å².